The smallest absolute Gasteiger partial charge is 0.258 e. The van der Waals surface area contributed by atoms with E-state index >= 15 is 0 Å². The summed E-state index contributed by atoms with van der Waals surface area (Å²) in [6, 6.07) is 12.8. The minimum Gasteiger partial charge on any atom is -0.462 e. The monoisotopic (exact) mass is 553 g/mol. The van der Waals surface area contributed by atoms with Gasteiger partial charge < -0.3 is 44.3 Å². The van der Waals surface area contributed by atoms with Gasteiger partial charge in [0.1, 0.15) is 36.7 Å². The second kappa shape index (κ2) is 11.7. The Hall–Kier alpha value is -3.32. The fraction of sp³-hybridized carbons (Fsp3) is 0.448. The number of aliphatic hydroxyl groups is 4. The molecule has 0 saturated carbocycles. The second-order valence-corrected chi connectivity index (χ2v) is 10.5. The van der Waals surface area contributed by atoms with Crippen molar-refractivity contribution in [2.24, 2.45) is 0 Å². The van der Waals surface area contributed by atoms with Gasteiger partial charge in [-0.25, -0.2) is 0 Å². The predicted octanol–water partition coefficient (Wildman–Crippen LogP) is -0.0704. The Balaban J connectivity index is 1.35. The number of nitrogens with zero attached hydrogens (tertiary/aromatic N) is 3. The largest absolute Gasteiger partial charge is 0.462 e. The topological polar surface area (TPSA) is 145 Å². The zero-order valence-corrected chi connectivity index (χ0v) is 22.5. The quantitative estimate of drug-likeness (QED) is 0.330. The van der Waals surface area contributed by atoms with E-state index < -0.39 is 37.3 Å². The van der Waals surface area contributed by atoms with E-state index in [2.05, 4.69) is 4.90 Å². The van der Waals surface area contributed by atoms with Gasteiger partial charge in [-0.05, 0) is 60.3 Å². The Labute approximate surface area is 231 Å². The number of aryl methyl sites for hydroxylation is 1. The zero-order valence-electron chi connectivity index (χ0n) is 22.5. The number of likely N-dealkylation sites (N-methyl/N-ethyl adjacent to an activating group) is 1. The number of carbonyl (C=O) groups is 1. The lowest BCUT2D eigenvalue weighted by Crippen LogP contribution is -2.60. The lowest BCUT2D eigenvalue weighted by Gasteiger charge is -2.39. The Bertz CT molecular complexity index is 1430. The van der Waals surface area contributed by atoms with Crippen molar-refractivity contribution in [3.8, 4) is 16.9 Å². The highest BCUT2D eigenvalue weighted by Crippen LogP contribution is 2.30. The molecule has 5 rings (SSSR count). The molecule has 2 aliphatic rings. The van der Waals surface area contributed by atoms with E-state index in [0.29, 0.717) is 29.8 Å². The number of hydrogen-bond acceptors (Lipinski definition) is 9. The zero-order chi connectivity index (χ0) is 28.6. The minimum absolute atomic E-state index is 0.00812. The normalized spacial score (nSPS) is 25.8. The van der Waals surface area contributed by atoms with Crippen LogP contribution < -0.4 is 10.3 Å². The summed E-state index contributed by atoms with van der Waals surface area (Å²) < 4.78 is 12.7. The summed E-state index contributed by atoms with van der Waals surface area (Å²) >= 11 is 0. The van der Waals surface area contributed by atoms with Gasteiger partial charge in [0.25, 0.3) is 5.56 Å². The van der Waals surface area contributed by atoms with Crippen LogP contribution in [0.2, 0.25) is 0 Å². The summed E-state index contributed by atoms with van der Waals surface area (Å²) in [5.41, 5.74) is 2.10. The first-order chi connectivity index (χ1) is 19.2. The van der Waals surface area contributed by atoms with E-state index in [4.69, 9.17) is 9.47 Å². The average molecular weight is 554 g/mol. The standard InChI is InChI=1S/C29H35N3O8/c1-17-13-19(5-6-22(17)39-29-27(37)26(36)25(35)23(16-33)40-29)20-4-3-18-7-8-32(28(38)21(18)14-20)15-24(34)31-11-9-30(2)10-12-31/h3-8,13-14,23,25-27,29,33,35-37H,9-12,15-16H2,1-2H3/t23-,25-,26+,27+,29+/m1/s1. The molecule has 3 aromatic rings. The summed E-state index contributed by atoms with van der Waals surface area (Å²) in [6.45, 7) is 4.18. The fourth-order valence-electron chi connectivity index (χ4n) is 5.14. The van der Waals surface area contributed by atoms with Crippen LogP contribution in [-0.2, 0) is 16.1 Å². The molecule has 1 aromatic heterocycles. The number of fused-ring (bicyclic) bond motifs is 1. The number of aromatic nitrogens is 1. The van der Waals surface area contributed by atoms with Crippen LogP contribution in [0.5, 0.6) is 5.75 Å². The number of piperazine rings is 1. The number of hydrogen-bond donors (Lipinski definition) is 4. The highest BCUT2D eigenvalue weighted by Gasteiger charge is 2.44. The molecule has 2 aliphatic heterocycles. The van der Waals surface area contributed by atoms with Crippen LogP contribution in [0.15, 0.2) is 53.5 Å². The van der Waals surface area contributed by atoms with Crippen LogP contribution >= 0.6 is 0 Å². The number of benzene rings is 2. The van der Waals surface area contributed by atoms with Gasteiger partial charge in [-0.1, -0.05) is 18.2 Å². The van der Waals surface area contributed by atoms with Crippen LogP contribution in [0, 0.1) is 6.92 Å². The number of pyridine rings is 1. The van der Waals surface area contributed by atoms with Crippen molar-refractivity contribution in [3.63, 3.8) is 0 Å². The first-order valence-corrected chi connectivity index (χ1v) is 13.3. The molecule has 3 heterocycles. The number of ether oxygens (including phenoxy) is 2. The van der Waals surface area contributed by atoms with Gasteiger partial charge in [0.2, 0.25) is 12.2 Å². The lowest BCUT2D eigenvalue weighted by atomic mass is 9.99. The van der Waals surface area contributed by atoms with Gasteiger partial charge in [0.05, 0.1) is 6.61 Å². The third-order valence-corrected chi connectivity index (χ3v) is 7.74. The van der Waals surface area contributed by atoms with Crippen molar-refractivity contribution in [2.45, 2.75) is 44.2 Å². The molecular formula is C29H35N3O8. The fourth-order valence-corrected chi connectivity index (χ4v) is 5.14. The molecular weight excluding hydrogens is 518 g/mol. The lowest BCUT2D eigenvalue weighted by molar-refractivity contribution is -0.277. The molecule has 11 heteroatoms. The molecule has 0 spiro atoms. The molecule has 2 saturated heterocycles. The SMILES string of the molecule is Cc1cc(-c2ccc3ccn(CC(=O)N4CCN(C)CC4)c(=O)c3c2)ccc1O[C@H]1O[C@H](CO)[C@@H](O)[C@H](O)[C@@H]1O. The third kappa shape index (κ3) is 5.62. The van der Waals surface area contributed by atoms with Crippen LogP contribution in [0.1, 0.15) is 5.56 Å². The highest BCUT2D eigenvalue weighted by atomic mass is 16.7. The molecule has 40 heavy (non-hydrogen) atoms. The van der Waals surface area contributed by atoms with Crippen molar-refractivity contribution >= 4 is 16.7 Å². The molecule has 0 bridgehead atoms. The summed E-state index contributed by atoms with van der Waals surface area (Å²) in [5.74, 6) is 0.315. The van der Waals surface area contributed by atoms with E-state index in [0.717, 1.165) is 29.6 Å². The van der Waals surface area contributed by atoms with Crippen LogP contribution in [0.3, 0.4) is 0 Å². The Morgan fingerprint density at radius 3 is 2.38 bits per heavy atom. The summed E-state index contributed by atoms with van der Waals surface area (Å²) in [7, 11) is 2.02. The summed E-state index contributed by atoms with van der Waals surface area (Å²) in [4.78, 5) is 30.1. The summed E-state index contributed by atoms with van der Waals surface area (Å²) in [5, 5.41) is 41.0. The van der Waals surface area contributed by atoms with Crippen molar-refractivity contribution in [1.82, 2.24) is 14.4 Å². The van der Waals surface area contributed by atoms with Gasteiger partial charge in [-0.2, -0.15) is 0 Å². The number of aliphatic hydroxyl groups excluding tert-OH is 4. The molecule has 4 N–H and O–H groups in total. The molecule has 2 fully saturated rings. The molecule has 11 nitrogen and oxygen atoms in total. The Morgan fingerprint density at radius 2 is 1.68 bits per heavy atom. The first kappa shape index (κ1) is 28.2. The minimum atomic E-state index is -1.53. The molecule has 0 radical (unpaired) electrons. The highest BCUT2D eigenvalue weighted by molar-refractivity contribution is 5.87. The Kier molecular flexibility index (Phi) is 8.22. The number of amides is 1. The Morgan fingerprint density at radius 1 is 0.975 bits per heavy atom. The third-order valence-electron chi connectivity index (χ3n) is 7.74. The maximum absolute atomic E-state index is 13.3. The predicted molar refractivity (Wildman–Crippen MR) is 147 cm³/mol. The van der Waals surface area contributed by atoms with Gasteiger partial charge in [0, 0.05) is 37.8 Å². The second-order valence-electron chi connectivity index (χ2n) is 10.5. The van der Waals surface area contributed by atoms with Crippen LogP contribution in [0.25, 0.3) is 21.9 Å². The van der Waals surface area contributed by atoms with Gasteiger partial charge in [0.15, 0.2) is 0 Å². The van der Waals surface area contributed by atoms with E-state index in [1.165, 1.54) is 4.57 Å². The average Bonchev–Trinajstić information content (AvgIpc) is 2.96. The van der Waals surface area contributed by atoms with E-state index in [1.807, 2.05) is 31.3 Å². The van der Waals surface area contributed by atoms with E-state index in [-0.39, 0.29) is 18.0 Å². The number of rotatable bonds is 6. The molecule has 0 unspecified atom stereocenters. The van der Waals surface area contributed by atoms with Gasteiger partial charge in [-0.3, -0.25) is 9.59 Å². The molecule has 5 atom stereocenters. The van der Waals surface area contributed by atoms with Crippen LogP contribution in [0.4, 0.5) is 0 Å². The maximum atomic E-state index is 13.3. The molecule has 0 aliphatic carbocycles. The molecule has 2 aromatic carbocycles. The van der Waals surface area contributed by atoms with Gasteiger partial charge >= 0.3 is 0 Å². The van der Waals surface area contributed by atoms with Crippen molar-refractivity contribution in [3.05, 3.63) is 64.6 Å². The van der Waals surface area contributed by atoms with Crippen molar-refractivity contribution < 1.29 is 34.7 Å². The maximum Gasteiger partial charge on any atom is 0.258 e. The number of carbonyl (C=O) groups excluding carboxylic acids is 1. The van der Waals surface area contributed by atoms with Crippen molar-refractivity contribution in [1.29, 1.82) is 0 Å². The summed E-state index contributed by atoms with van der Waals surface area (Å²) in [6.07, 6.45) is -5.20. The van der Waals surface area contributed by atoms with Gasteiger partial charge in [-0.15, -0.1) is 0 Å². The van der Waals surface area contributed by atoms with E-state index in [1.54, 1.807) is 36.2 Å². The van der Waals surface area contributed by atoms with Crippen LogP contribution in [-0.4, -0.2) is 111 Å². The molecule has 214 valence electrons. The van der Waals surface area contributed by atoms with Crippen molar-refractivity contribution in [2.75, 3.05) is 39.8 Å². The van der Waals surface area contributed by atoms with E-state index in [9.17, 15) is 30.0 Å². The molecule has 1 amide bonds. The first-order valence-electron chi connectivity index (χ1n) is 13.3.